The number of ether oxygens (including phenoxy) is 1. The second kappa shape index (κ2) is 8.35. The molecular formula is C18H21F3N2O3. The molecule has 0 unspecified atom stereocenters. The van der Waals surface area contributed by atoms with Gasteiger partial charge in [0.2, 0.25) is 0 Å². The van der Waals surface area contributed by atoms with Crippen LogP contribution in [0, 0.1) is 13.8 Å². The monoisotopic (exact) mass is 370 g/mol. The third-order valence-corrected chi connectivity index (χ3v) is 3.91. The Hall–Kier alpha value is -2.35. The second-order valence-electron chi connectivity index (χ2n) is 5.95. The predicted octanol–water partition coefficient (Wildman–Crippen LogP) is 3.88. The lowest BCUT2D eigenvalue weighted by Crippen LogP contribution is -2.30. The van der Waals surface area contributed by atoms with Crippen molar-refractivity contribution in [1.29, 1.82) is 0 Å². The van der Waals surface area contributed by atoms with Crippen LogP contribution in [0.4, 0.5) is 13.2 Å². The minimum atomic E-state index is -4.38. The molecule has 0 aliphatic heterocycles. The molecule has 0 fully saturated rings. The first-order valence-corrected chi connectivity index (χ1v) is 8.16. The highest BCUT2D eigenvalue weighted by Crippen LogP contribution is 2.29. The van der Waals surface area contributed by atoms with E-state index in [-0.39, 0.29) is 13.2 Å². The molecule has 1 heterocycles. The van der Waals surface area contributed by atoms with Crippen LogP contribution in [-0.4, -0.2) is 29.2 Å². The van der Waals surface area contributed by atoms with Gasteiger partial charge in [-0.25, -0.2) is 0 Å². The Kier molecular flexibility index (Phi) is 6.42. The third-order valence-electron chi connectivity index (χ3n) is 3.91. The quantitative estimate of drug-likeness (QED) is 0.693. The molecule has 0 bridgehead atoms. The zero-order chi connectivity index (χ0) is 19.3. The van der Waals surface area contributed by atoms with Gasteiger partial charge in [-0.15, -0.1) is 0 Å². The van der Waals surface area contributed by atoms with E-state index in [4.69, 9.17) is 9.26 Å². The van der Waals surface area contributed by atoms with E-state index in [2.05, 4.69) is 5.16 Å². The molecule has 0 saturated carbocycles. The van der Waals surface area contributed by atoms with Gasteiger partial charge in [-0.2, -0.15) is 13.2 Å². The maximum Gasteiger partial charge on any atom is 0.416 e. The van der Waals surface area contributed by atoms with Crippen LogP contribution in [0.25, 0.3) is 0 Å². The van der Waals surface area contributed by atoms with Crippen molar-refractivity contribution in [3.8, 4) is 0 Å². The highest BCUT2D eigenvalue weighted by atomic mass is 19.4. The number of aromatic nitrogens is 1. The molecule has 26 heavy (non-hydrogen) atoms. The van der Waals surface area contributed by atoms with Crippen molar-refractivity contribution < 1.29 is 27.2 Å². The first kappa shape index (κ1) is 20.0. The number of alkyl halides is 3. The molecule has 0 atom stereocenters. The first-order valence-electron chi connectivity index (χ1n) is 8.16. The zero-order valence-corrected chi connectivity index (χ0v) is 14.9. The number of hydrogen-bond acceptors (Lipinski definition) is 5. The number of aryl methyl sites for hydroxylation is 2. The largest absolute Gasteiger partial charge is 0.465 e. The average Bonchev–Trinajstić information content (AvgIpc) is 2.86. The van der Waals surface area contributed by atoms with Gasteiger partial charge in [0.25, 0.3) is 0 Å². The Balaban J connectivity index is 2.16. The van der Waals surface area contributed by atoms with E-state index < -0.39 is 17.7 Å². The molecule has 0 saturated heterocycles. The average molecular weight is 370 g/mol. The number of halogens is 3. The van der Waals surface area contributed by atoms with Gasteiger partial charge in [-0.1, -0.05) is 17.3 Å². The lowest BCUT2D eigenvalue weighted by atomic mass is 10.1. The molecule has 1 aromatic carbocycles. The number of carbonyl (C=O) groups is 1. The molecule has 5 nitrogen and oxygen atoms in total. The molecule has 2 rings (SSSR count). The first-order chi connectivity index (χ1) is 12.2. The lowest BCUT2D eigenvalue weighted by molar-refractivity contribution is -0.144. The molecular weight excluding hydrogens is 349 g/mol. The van der Waals surface area contributed by atoms with Gasteiger partial charge >= 0.3 is 12.1 Å². The molecule has 142 valence electrons. The van der Waals surface area contributed by atoms with Gasteiger partial charge in [0.15, 0.2) is 0 Å². The molecule has 0 amide bonds. The summed E-state index contributed by atoms with van der Waals surface area (Å²) in [5.74, 6) is 0.245. The topological polar surface area (TPSA) is 55.6 Å². The molecule has 0 aliphatic carbocycles. The summed E-state index contributed by atoms with van der Waals surface area (Å²) in [4.78, 5) is 13.7. The smallest absolute Gasteiger partial charge is 0.416 e. The molecule has 0 aliphatic rings. The van der Waals surface area contributed by atoms with Gasteiger partial charge in [0, 0.05) is 18.7 Å². The van der Waals surface area contributed by atoms with Crippen LogP contribution in [0.15, 0.2) is 28.8 Å². The maximum absolute atomic E-state index is 12.7. The van der Waals surface area contributed by atoms with Crippen LogP contribution < -0.4 is 0 Å². The standard InChI is InChI=1S/C18H21F3N2O3/c1-4-25-17(24)11-23(10-16-12(2)22-26-13(16)3)9-14-5-7-15(8-6-14)18(19,20)21/h5-8H,4,9-11H2,1-3H3. The Morgan fingerprint density at radius 2 is 1.85 bits per heavy atom. The highest BCUT2D eigenvalue weighted by molar-refractivity contribution is 5.71. The summed E-state index contributed by atoms with van der Waals surface area (Å²) < 4.78 is 48.2. The summed E-state index contributed by atoms with van der Waals surface area (Å²) in [5.41, 5.74) is 1.52. The molecule has 0 spiro atoms. The summed E-state index contributed by atoms with van der Waals surface area (Å²) in [6.07, 6.45) is -4.38. The lowest BCUT2D eigenvalue weighted by Gasteiger charge is -2.21. The van der Waals surface area contributed by atoms with Gasteiger partial charge in [-0.05, 0) is 38.5 Å². The van der Waals surface area contributed by atoms with Gasteiger partial charge in [0.05, 0.1) is 24.4 Å². The summed E-state index contributed by atoms with van der Waals surface area (Å²) in [7, 11) is 0. The van der Waals surface area contributed by atoms with Crippen molar-refractivity contribution in [3.05, 3.63) is 52.4 Å². The molecule has 1 aromatic heterocycles. The van der Waals surface area contributed by atoms with Gasteiger partial charge in [0.1, 0.15) is 5.76 Å². The summed E-state index contributed by atoms with van der Waals surface area (Å²) in [5, 5.41) is 3.89. The van der Waals surface area contributed by atoms with Crippen molar-refractivity contribution in [3.63, 3.8) is 0 Å². The van der Waals surface area contributed by atoms with E-state index in [0.29, 0.717) is 30.1 Å². The zero-order valence-electron chi connectivity index (χ0n) is 14.9. The number of nitrogens with zero attached hydrogens (tertiary/aromatic N) is 2. The molecule has 8 heteroatoms. The van der Waals surface area contributed by atoms with E-state index in [0.717, 1.165) is 17.7 Å². The summed E-state index contributed by atoms with van der Waals surface area (Å²) >= 11 is 0. The van der Waals surface area contributed by atoms with E-state index in [1.165, 1.54) is 12.1 Å². The predicted molar refractivity (Wildman–Crippen MR) is 88.2 cm³/mol. The van der Waals surface area contributed by atoms with Crippen LogP contribution in [-0.2, 0) is 28.8 Å². The molecule has 0 N–H and O–H groups in total. The fraction of sp³-hybridized carbons (Fsp3) is 0.444. The maximum atomic E-state index is 12.7. The Morgan fingerprint density at radius 3 is 2.35 bits per heavy atom. The van der Waals surface area contributed by atoms with E-state index in [9.17, 15) is 18.0 Å². The van der Waals surface area contributed by atoms with Crippen LogP contribution in [0.2, 0.25) is 0 Å². The van der Waals surface area contributed by atoms with E-state index in [1.807, 2.05) is 0 Å². The van der Waals surface area contributed by atoms with Gasteiger partial charge in [-0.3, -0.25) is 9.69 Å². The van der Waals surface area contributed by atoms with Crippen molar-refractivity contribution in [2.45, 2.75) is 40.0 Å². The van der Waals surface area contributed by atoms with Crippen LogP contribution in [0.1, 0.15) is 35.1 Å². The van der Waals surface area contributed by atoms with Crippen LogP contribution >= 0.6 is 0 Å². The second-order valence-corrected chi connectivity index (χ2v) is 5.95. The SMILES string of the molecule is CCOC(=O)CN(Cc1ccc(C(F)(F)F)cc1)Cc1c(C)noc1C. The number of esters is 1. The van der Waals surface area contributed by atoms with Gasteiger partial charge < -0.3 is 9.26 Å². The fourth-order valence-corrected chi connectivity index (χ4v) is 2.57. The van der Waals surface area contributed by atoms with Crippen molar-refractivity contribution >= 4 is 5.97 Å². The summed E-state index contributed by atoms with van der Waals surface area (Å²) in [6, 6.07) is 4.89. The van der Waals surface area contributed by atoms with E-state index >= 15 is 0 Å². The van der Waals surface area contributed by atoms with Crippen molar-refractivity contribution in [1.82, 2.24) is 10.1 Å². The van der Waals surface area contributed by atoms with Crippen LogP contribution in [0.5, 0.6) is 0 Å². The Morgan fingerprint density at radius 1 is 1.19 bits per heavy atom. The Bertz CT molecular complexity index is 720. The minimum Gasteiger partial charge on any atom is -0.465 e. The van der Waals surface area contributed by atoms with Crippen LogP contribution in [0.3, 0.4) is 0 Å². The summed E-state index contributed by atoms with van der Waals surface area (Å²) in [6.45, 7) is 6.23. The minimum absolute atomic E-state index is 0.0128. The number of hydrogen-bond donors (Lipinski definition) is 0. The highest BCUT2D eigenvalue weighted by Gasteiger charge is 2.30. The molecule has 0 radical (unpaired) electrons. The number of carbonyl (C=O) groups excluding carboxylic acids is 1. The fourth-order valence-electron chi connectivity index (χ4n) is 2.57. The number of rotatable bonds is 7. The van der Waals surface area contributed by atoms with E-state index in [1.54, 1.807) is 25.7 Å². The molecule has 2 aromatic rings. The van der Waals surface area contributed by atoms with Crippen molar-refractivity contribution in [2.75, 3.05) is 13.2 Å². The third kappa shape index (κ3) is 5.32. The van der Waals surface area contributed by atoms with Crippen molar-refractivity contribution in [2.24, 2.45) is 0 Å². The number of benzene rings is 1. The normalized spacial score (nSPS) is 11.8. The Labute approximate surface area is 149 Å².